The molecule has 2 N–H and O–H groups in total. The summed E-state index contributed by atoms with van der Waals surface area (Å²) >= 11 is 18.7. The largest absolute Gasteiger partial charge is 0.347 e. The summed E-state index contributed by atoms with van der Waals surface area (Å²) in [6, 6.07) is 11.7. The first-order chi connectivity index (χ1) is 14.1. The lowest BCUT2D eigenvalue weighted by Gasteiger charge is -2.34. The maximum Gasteiger partial charge on any atom is 0.347 e. The minimum absolute atomic E-state index is 0.293. The second-order valence-electron chi connectivity index (χ2n) is 7.25. The number of carbonyl (C=O) groups excluding carboxylic acids is 1. The first-order valence-electron chi connectivity index (χ1n) is 8.95. The van der Waals surface area contributed by atoms with Gasteiger partial charge in [0.1, 0.15) is 0 Å². The van der Waals surface area contributed by atoms with E-state index in [9.17, 15) is 10.0 Å². The molecular weight excluding hydrogens is 463 g/mol. The number of anilines is 1. The van der Waals surface area contributed by atoms with Gasteiger partial charge in [-0.2, -0.15) is 10.2 Å². The van der Waals surface area contributed by atoms with Crippen LogP contribution in [0.25, 0.3) is 0 Å². The fraction of sp³-hybridized carbons (Fsp3) is 0.250. The van der Waals surface area contributed by atoms with Crippen molar-refractivity contribution >= 4 is 69.4 Å². The third-order valence-corrected chi connectivity index (χ3v) is 6.68. The molecule has 1 atom stereocenters. The highest BCUT2D eigenvalue weighted by atomic mass is 35.5. The Bertz CT molecular complexity index is 999. The molecule has 1 aliphatic rings. The van der Waals surface area contributed by atoms with Gasteiger partial charge in [-0.25, -0.2) is 9.80 Å². The molecule has 0 bridgehead atoms. The number of thioether (sulfide) groups is 1. The van der Waals surface area contributed by atoms with Gasteiger partial charge in [0.05, 0.1) is 21.0 Å². The minimum atomic E-state index is -0.820. The number of hydroxylamine groups is 2. The number of nitrogens with one attached hydrogen (secondary N) is 1. The fourth-order valence-electron chi connectivity index (χ4n) is 2.87. The highest BCUT2D eigenvalue weighted by Gasteiger charge is 2.50. The van der Waals surface area contributed by atoms with Crippen molar-refractivity contribution in [2.75, 3.05) is 5.32 Å². The van der Waals surface area contributed by atoms with Crippen LogP contribution >= 0.6 is 47.2 Å². The molecule has 2 aromatic carbocycles. The summed E-state index contributed by atoms with van der Waals surface area (Å²) in [5, 5.41) is 20.5. The number of aryl methyl sites for hydroxylation is 1. The van der Waals surface area contributed by atoms with E-state index in [1.54, 1.807) is 18.3 Å². The number of amides is 2. The molecule has 1 saturated heterocycles. The van der Waals surface area contributed by atoms with E-state index in [4.69, 9.17) is 35.4 Å². The number of halogens is 2. The average Bonchev–Trinajstić information content (AvgIpc) is 2.91. The molecule has 1 aliphatic heterocycles. The van der Waals surface area contributed by atoms with Crippen LogP contribution < -0.4 is 5.32 Å². The summed E-state index contributed by atoms with van der Waals surface area (Å²) in [6.45, 7) is 5.76. The Kier molecular flexibility index (Phi) is 6.94. The molecule has 0 saturated carbocycles. The van der Waals surface area contributed by atoms with Crippen LogP contribution in [-0.4, -0.2) is 42.8 Å². The van der Waals surface area contributed by atoms with Crippen LogP contribution in [0.2, 0.25) is 10.0 Å². The predicted octanol–water partition coefficient (Wildman–Crippen LogP) is 6.00. The molecule has 0 spiro atoms. The van der Waals surface area contributed by atoms with Gasteiger partial charge < -0.3 is 5.32 Å². The van der Waals surface area contributed by atoms with Gasteiger partial charge in [-0.3, -0.25) is 5.21 Å². The van der Waals surface area contributed by atoms with Gasteiger partial charge in [0.25, 0.3) is 0 Å². The quantitative estimate of drug-likeness (QED) is 0.242. The Hall–Kier alpha value is -1.84. The first-order valence-corrected chi connectivity index (χ1v) is 10.9. The maximum absolute atomic E-state index is 12.7. The van der Waals surface area contributed by atoms with Crippen molar-refractivity contribution in [3.63, 3.8) is 0 Å². The van der Waals surface area contributed by atoms with Crippen molar-refractivity contribution < 1.29 is 10.0 Å². The highest BCUT2D eigenvalue weighted by molar-refractivity contribution is 8.24. The lowest BCUT2D eigenvalue weighted by Crippen LogP contribution is -2.54. The van der Waals surface area contributed by atoms with Gasteiger partial charge >= 0.3 is 6.03 Å². The second kappa shape index (κ2) is 9.11. The molecule has 0 aliphatic carbocycles. The van der Waals surface area contributed by atoms with Crippen molar-refractivity contribution in [2.45, 2.75) is 31.7 Å². The molecule has 3 rings (SSSR count). The summed E-state index contributed by atoms with van der Waals surface area (Å²) in [7, 11) is 0. The zero-order chi connectivity index (χ0) is 22.1. The predicted molar refractivity (Wildman–Crippen MR) is 128 cm³/mol. The van der Waals surface area contributed by atoms with Crippen molar-refractivity contribution in [2.24, 2.45) is 5.10 Å². The fourth-order valence-corrected chi connectivity index (χ4v) is 4.96. The van der Waals surface area contributed by atoms with Crippen molar-refractivity contribution in [1.82, 2.24) is 10.1 Å². The van der Waals surface area contributed by atoms with Crippen LogP contribution in [0.4, 0.5) is 10.5 Å². The first kappa shape index (κ1) is 22.8. The maximum atomic E-state index is 12.7. The SMILES string of the molecule is Cc1ccc(C=NN2C(=S)SC(C)(C)C2N(O)C(=O)Nc2ccc(Cl)c(Cl)c2)cc1. The van der Waals surface area contributed by atoms with Gasteiger partial charge in [0.15, 0.2) is 10.5 Å². The standard InChI is InChI=1S/C20H20Cl2N4O2S2/c1-12-4-6-13(7-5-12)11-23-25-17(20(2,3)30-19(25)29)26(28)18(27)24-14-8-9-15(21)16(22)10-14/h4-11,17,28H,1-3H3,(H,24,27). The zero-order valence-corrected chi connectivity index (χ0v) is 19.6. The van der Waals surface area contributed by atoms with Crippen LogP contribution in [-0.2, 0) is 0 Å². The van der Waals surface area contributed by atoms with E-state index < -0.39 is 16.9 Å². The topological polar surface area (TPSA) is 68.2 Å². The van der Waals surface area contributed by atoms with E-state index in [2.05, 4.69) is 10.4 Å². The Morgan fingerprint density at radius 3 is 2.57 bits per heavy atom. The van der Waals surface area contributed by atoms with Crippen LogP contribution in [0, 0.1) is 6.92 Å². The summed E-state index contributed by atoms with van der Waals surface area (Å²) in [6.07, 6.45) is 0.824. The Labute approximate surface area is 194 Å². The van der Waals surface area contributed by atoms with E-state index in [0.29, 0.717) is 25.1 Å². The number of benzene rings is 2. The number of hydrogen-bond donors (Lipinski definition) is 2. The molecule has 1 fully saturated rings. The van der Waals surface area contributed by atoms with Gasteiger partial charge in [-0.1, -0.05) is 77.0 Å². The van der Waals surface area contributed by atoms with E-state index in [0.717, 1.165) is 11.1 Å². The molecule has 158 valence electrons. The van der Waals surface area contributed by atoms with Crippen molar-refractivity contribution in [3.8, 4) is 0 Å². The number of thiocarbonyl (C=S) groups is 1. The molecule has 2 aromatic rings. The molecule has 1 heterocycles. The van der Waals surface area contributed by atoms with E-state index in [-0.39, 0.29) is 0 Å². The molecule has 1 unspecified atom stereocenters. The monoisotopic (exact) mass is 482 g/mol. The van der Waals surface area contributed by atoms with E-state index >= 15 is 0 Å². The molecular formula is C20H20Cl2N4O2S2. The molecule has 6 nitrogen and oxygen atoms in total. The van der Waals surface area contributed by atoms with E-state index in [1.165, 1.54) is 22.8 Å². The summed E-state index contributed by atoms with van der Waals surface area (Å²) in [4.78, 5) is 12.7. The van der Waals surface area contributed by atoms with E-state index in [1.807, 2.05) is 45.0 Å². The Balaban J connectivity index is 1.81. The third-order valence-electron chi connectivity index (χ3n) is 4.41. The molecule has 0 radical (unpaired) electrons. The lowest BCUT2D eigenvalue weighted by molar-refractivity contribution is -0.114. The smallest absolute Gasteiger partial charge is 0.306 e. The highest BCUT2D eigenvalue weighted by Crippen LogP contribution is 2.42. The number of hydrogen-bond acceptors (Lipinski definition) is 5. The Morgan fingerprint density at radius 2 is 1.93 bits per heavy atom. The van der Waals surface area contributed by atoms with Gasteiger partial charge in [-0.05, 0) is 44.5 Å². The van der Waals surface area contributed by atoms with Gasteiger partial charge in [0, 0.05) is 5.69 Å². The van der Waals surface area contributed by atoms with Gasteiger partial charge in [0.2, 0.25) is 0 Å². The number of rotatable bonds is 4. The summed E-state index contributed by atoms with van der Waals surface area (Å²) in [5.41, 5.74) is 2.41. The van der Waals surface area contributed by atoms with Crippen LogP contribution in [0.1, 0.15) is 25.0 Å². The molecule has 2 amide bonds. The average molecular weight is 483 g/mol. The normalized spacial score (nSPS) is 18.1. The summed E-state index contributed by atoms with van der Waals surface area (Å²) < 4.78 is -0.152. The number of carbonyl (C=O) groups is 1. The summed E-state index contributed by atoms with van der Waals surface area (Å²) in [5.74, 6) is 0. The lowest BCUT2D eigenvalue weighted by atomic mass is 10.1. The minimum Gasteiger partial charge on any atom is -0.306 e. The molecule has 10 heteroatoms. The van der Waals surface area contributed by atoms with Crippen LogP contribution in [0.15, 0.2) is 47.6 Å². The van der Waals surface area contributed by atoms with Crippen LogP contribution in [0.5, 0.6) is 0 Å². The molecule has 0 aromatic heterocycles. The van der Waals surface area contributed by atoms with Crippen molar-refractivity contribution in [3.05, 3.63) is 63.6 Å². The number of hydrazone groups is 1. The Morgan fingerprint density at radius 1 is 1.27 bits per heavy atom. The zero-order valence-electron chi connectivity index (χ0n) is 16.5. The third kappa shape index (κ3) is 5.07. The molecule has 30 heavy (non-hydrogen) atoms. The van der Waals surface area contributed by atoms with Crippen molar-refractivity contribution in [1.29, 1.82) is 0 Å². The number of nitrogens with zero attached hydrogens (tertiary/aromatic N) is 3. The second-order valence-corrected chi connectivity index (χ2v) is 10.4. The van der Waals surface area contributed by atoms with Crippen LogP contribution in [0.3, 0.4) is 0 Å². The number of urea groups is 1. The van der Waals surface area contributed by atoms with Gasteiger partial charge in [-0.15, -0.1) is 0 Å².